The molecule has 0 unspecified atom stereocenters. The Balaban J connectivity index is 2.48. The molecule has 0 aliphatic heterocycles. The van der Waals surface area contributed by atoms with E-state index in [1.807, 2.05) is 0 Å². The van der Waals surface area contributed by atoms with Gasteiger partial charge in [0, 0.05) is 19.0 Å². The van der Waals surface area contributed by atoms with Gasteiger partial charge in [-0.25, -0.2) is 4.98 Å². The molecule has 0 amide bonds. The van der Waals surface area contributed by atoms with Gasteiger partial charge in [0.1, 0.15) is 5.01 Å². The Hall–Kier alpha value is -0.450. The van der Waals surface area contributed by atoms with Crippen LogP contribution in [0.25, 0.3) is 0 Å². The van der Waals surface area contributed by atoms with Crippen molar-refractivity contribution in [1.29, 1.82) is 0 Å². The maximum atomic E-state index is 5.01. The number of hydrogen-bond donors (Lipinski definition) is 0. The highest BCUT2D eigenvalue weighted by Crippen LogP contribution is 2.11. The van der Waals surface area contributed by atoms with Crippen molar-refractivity contribution in [2.75, 3.05) is 20.7 Å². The molecule has 0 saturated carbocycles. The molecule has 0 bridgehead atoms. The van der Waals surface area contributed by atoms with Crippen molar-refractivity contribution < 1.29 is 4.74 Å². The van der Waals surface area contributed by atoms with Crippen LogP contribution in [0.1, 0.15) is 17.6 Å². The monoisotopic (exact) mass is 200 g/mol. The first-order valence-electron chi connectivity index (χ1n) is 4.37. The lowest BCUT2D eigenvalue weighted by Crippen LogP contribution is -2.16. The van der Waals surface area contributed by atoms with Gasteiger partial charge in [-0.05, 0) is 13.6 Å². The molecule has 0 atom stereocenters. The van der Waals surface area contributed by atoms with Crippen LogP contribution in [0.4, 0.5) is 0 Å². The number of nitrogens with zero attached hydrogens (tertiary/aromatic N) is 2. The van der Waals surface area contributed by atoms with Gasteiger partial charge in [-0.2, -0.15) is 0 Å². The first-order valence-corrected chi connectivity index (χ1v) is 5.25. The van der Waals surface area contributed by atoms with Crippen molar-refractivity contribution in [3.8, 4) is 0 Å². The Morgan fingerprint density at radius 3 is 3.00 bits per heavy atom. The summed E-state index contributed by atoms with van der Waals surface area (Å²) < 4.78 is 5.01. The standard InChI is InChI=1S/C9H16N2OS/c1-4-11(2)5-8-7-13-9(10-8)6-12-3/h7H,4-6H2,1-3H3. The van der Waals surface area contributed by atoms with Crippen molar-refractivity contribution >= 4 is 11.3 Å². The first-order chi connectivity index (χ1) is 6.26. The molecule has 74 valence electrons. The van der Waals surface area contributed by atoms with E-state index >= 15 is 0 Å². The van der Waals surface area contributed by atoms with Gasteiger partial charge < -0.3 is 9.64 Å². The molecule has 0 aliphatic rings. The van der Waals surface area contributed by atoms with Crippen molar-refractivity contribution in [2.24, 2.45) is 0 Å². The van der Waals surface area contributed by atoms with Gasteiger partial charge in [-0.1, -0.05) is 6.92 Å². The summed E-state index contributed by atoms with van der Waals surface area (Å²) in [5.41, 5.74) is 1.14. The molecule has 0 saturated heterocycles. The molecule has 13 heavy (non-hydrogen) atoms. The average molecular weight is 200 g/mol. The highest BCUT2D eigenvalue weighted by molar-refractivity contribution is 7.09. The van der Waals surface area contributed by atoms with Crippen LogP contribution in [0.5, 0.6) is 0 Å². The lowest BCUT2D eigenvalue weighted by atomic mass is 10.4. The van der Waals surface area contributed by atoms with E-state index in [0.29, 0.717) is 6.61 Å². The molecule has 0 N–H and O–H groups in total. The number of ether oxygens (including phenoxy) is 1. The van der Waals surface area contributed by atoms with E-state index in [4.69, 9.17) is 4.74 Å². The Morgan fingerprint density at radius 2 is 2.38 bits per heavy atom. The topological polar surface area (TPSA) is 25.4 Å². The molecular formula is C9H16N2OS. The fourth-order valence-electron chi connectivity index (χ4n) is 1.000. The van der Waals surface area contributed by atoms with Crippen LogP contribution in [-0.2, 0) is 17.9 Å². The predicted molar refractivity (Wildman–Crippen MR) is 54.8 cm³/mol. The molecule has 4 heteroatoms. The summed E-state index contributed by atoms with van der Waals surface area (Å²) in [5.74, 6) is 0. The summed E-state index contributed by atoms with van der Waals surface area (Å²) in [6.45, 7) is 4.75. The van der Waals surface area contributed by atoms with Crippen LogP contribution in [0.3, 0.4) is 0 Å². The molecule has 0 spiro atoms. The van der Waals surface area contributed by atoms with E-state index < -0.39 is 0 Å². The second-order valence-corrected chi connectivity index (χ2v) is 3.94. The lowest BCUT2D eigenvalue weighted by molar-refractivity contribution is 0.184. The number of aromatic nitrogens is 1. The van der Waals surface area contributed by atoms with Crippen molar-refractivity contribution in [3.63, 3.8) is 0 Å². The van der Waals surface area contributed by atoms with E-state index in [1.54, 1.807) is 18.4 Å². The Labute approximate surface area is 83.4 Å². The highest BCUT2D eigenvalue weighted by atomic mass is 32.1. The van der Waals surface area contributed by atoms with Gasteiger partial charge >= 0.3 is 0 Å². The molecule has 3 nitrogen and oxygen atoms in total. The lowest BCUT2D eigenvalue weighted by Gasteiger charge is -2.10. The molecule has 1 rings (SSSR count). The highest BCUT2D eigenvalue weighted by Gasteiger charge is 2.03. The number of methoxy groups -OCH3 is 1. The molecule has 0 radical (unpaired) electrons. The van der Waals surface area contributed by atoms with Gasteiger partial charge in [0.2, 0.25) is 0 Å². The molecule has 1 aromatic rings. The largest absolute Gasteiger partial charge is 0.378 e. The fourth-order valence-corrected chi connectivity index (χ4v) is 1.75. The van der Waals surface area contributed by atoms with E-state index in [-0.39, 0.29) is 0 Å². The Morgan fingerprint density at radius 1 is 1.62 bits per heavy atom. The zero-order valence-corrected chi connectivity index (χ0v) is 9.23. The summed E-state index contributed by atoms with van der Waals surface area (Å²) in [6.07, 6.45) is 0. The van der Waals surface area contributed by atoms with Crippen LogP contribution in [0, 0.1) is 0 Å². The molecular weight excluding hydrogens is 184 g/mol. The third-order valence-corrected chi connectivity index (χ3v) is 2.71. The van der Waals surface area contributed by atoms with Crippen LogP contribution in [0.15, 0.2) is 5.38 Å². The molecule has 1 aromatic heterocycles. The van der Waals surface area contributed by atoms with Crippen molar-refractivity contribution in [2.45, 2.75) is 20.1 Å². The van der Waals surface area contributed by atoms with Crippen molar-refractivity contribution in [1.82, 2.24) is 9.88 Å². The second-order valence-electron chi connectivity index (χ2n) is 3.00. The average Bonchev–Trinajstić information content (AvgIpc) is 2.53. The van der Waals surface area contributed by atoms with Crippen LogP contribution < -0.4 is 0 Å². The maximum absolute atomic E-state index is 5.01. The van der Waals surface area contributed by atoms with Crippen molar-refractivity contribution in [3.05, 3.63) is 16.1 Å². The summed E-state index contributed by atoms with van der Waals surface area (Å²) in [7, 11) is 3.79. The normalized spacial score (nSPS) is 11.1. The second kappa shape index (κ2) is 5.32. The van der Waals surface area contributed by atoms with Gasteiger partial charge in [-0.3, -0.25) is 0 Å². The van der Waals surface area contributed by atoms with Crippen LogP contribution in [0.2, 0.25) is 0 Å². The number of rotatable bonds is 5. The van der Waals surface area contributed by atoms with Gasteiger partial charge in [0.05, 0.1) is 12.3 Å². The fraction of sp³-hybridized carbons (Fsp3) is 0.667. The smallest absolute Gasteiger partial charge is 0.119 e. The molecule has 1 heterocycles. The third-order valence-electron chi connectivity index (χ3n) is 1.84. The summed E-state index contributed by atoms with van der Waals surface area (Å²) >= 11 is 1.66. The molecule has 0 fully saturated rings. The summed E-state index contributed by atoms with van der Waals surface area (Å²) in [4.78, 5) is 6.67. The Kier molecular flexibility index (Phi) is 4.35. The van der Waals surface area contributed by atoms with Crippen LogP contribution in [-0.4, -0.2) is 30.6 Å². The number of hydrogen-bond acceptors (Lipinski definition) is 4. The SMILES string of the molecule is CCN(C)Cc1csc(COC)n1. The first kappa shape index (κ1) is 10.6. The summed E-state index contributed by atoms with van der Waals surface area (Å²) in [5, 5.41) is 3.16. The van der Waals surface area contributed by atoms with E-state index in [2.05, 4.69) is 29.2 Å². The van der Waals surface area contributed by atoms with E-state index in [9.17, 15) is 0 Å². The maximum Gasteiger partial charge on any atom is 0.119 e. The molecule has 0 aromatic carbocycles. The molecule has 0 aliphatic carbocycles. The van der Waals surface area contributed by atoms with E-state index in [0.717, 1.165) is 23.8 Å². The zero-order chi connectivity index (χ0) is 9.68. The summed E-state index contributed by atoms with van der Waals surface area (Å²) in [6, 6.07) is 0. The van der Waals surface area contributed by atoms with Gasteiger partial charge in [0.15, 0.2) is 0 Å². The van der Waals surface area contributed by atoms with Crippen LogP contribution >= 0.6 is 11.3 Å². The quantitative estimate of drug-likeness (QED) is 0.724. The Bertz CT molecular complexity index is 250. The van der Waals surface area contributed by atoms with E-state index in [1.165, 1.54) is 0 Å². The minimum atomic E-state index is 0.626. The van der Waals surface area contributed by atoms with Gasteiger partial charge in [0.25, 0.3) is 0 Å². The predicted octanol–water partition coefficient (Wildman–Crippen LogP) is 1.74. The van der Waals surface area contributed by atoms with Gasteiger partial charge in [-0.15, -0.1) is 11.3 Å². The third kappa shape index (κ3) is 3.42. The zero-order valence-electron chi connectivity index (χ0n) is 8.41. The minimum Gasteiger partial charge on any atom is -0.378 e. The minimum absolute atomic E-state index is 0.626. The number of thiazole rings is 1.